The lowest BCUT2D eigenvalue weighted by Gasteiger charge is -2.55. The molecule has 0 spiro atoms. The minimum absolute atomic E-state index is 0.117. The lowest BCUT2D eigenvalue weighted by Crippen LogP contribution is -2.82. The minimum Gasteiger partial charge on any atom is -0.393 e. The maximum Gasteiger partial charge on any atom is 0.211 e. The average Bonchev–Trinajstić information content (AvgIpc) is 3.33. The van der Waals surface area contributed by atoms with Crippen molar-refractivity contribution in [1.82, 2.24) is 0 Å². The molecule has 0 bridgehead atoms. The number of ketones is 8. The molecule has 0 aromatic rings. The van der Waals surface area contributed by atoms with Gasteiger partial charge in [-0.3, -0.25) is 38.4 Å². The number of carbonyl (C=O) groups is 8. The molecule has 16 N–H and O–H groups in total. The monoisotopic (exact) mass is 946 g/mol. The van der Waals surface area contributed by atoms with E-state index in [0.717, 1.165) is 0 Å². The molecule has 0 aliphatic heterocycles. The van der Waals surface area contributed by atoms with Crippen molar-refractivity contribution in [2.24, 2.45) is 10.8 Å². The zero-order valence-corrected chi connectivity index (χ0v) is 36.2. The Morgan fingerprint density at radius 1 is 0.323 bits per heavy atom. The molecule has 0 saturated carbocycles. The molecule has 0 radical (unpaired) electrons. The molecule has 376 valence electrons. The zero-order valence-electron chi connectivity index (χ0n) is 36.2. The summed E-state index contributed by atoms with van der Waals surface area (Å²) in [5.74, 6) is -20.5. The third-order valence-electron chi connectivity index (χ3n) is 11.2. The first-order valence-electron chi connectivity index (χ1n) is 20.8. The van der Waals surface area contributed by atoms with Gasteiger partial charge in [0, 0.05) is 0 Å². The first-order chi connectivity index (χ1) is 30.5. The first kappa shape index (κ1) is 61.7. The van der Waals surface area contributed by atoms with Gasteiger partial charge in [0.2, 0.25) is 34.3 Å². The number of unbranched alkanes of at least 4 members (excludes halogenated alkanes) is 6. The summed E-state index contributed by atoms with van der Waals surface area (Å²) in [5.41, 5.74) is -19.1. The van der Waals surface area contributed by atoms with Crippen LogP contribution in [0.2, 0.25) is 0 Å². The van der Waals surface area contributed by atoms with Gasteiger partial charge in [0.25, 0.3) is 0 Å². The van der Waals surface area contributed by atoms with E-state index in [1.54, 1.807) is 13.8 Å². The average molecular weight is 947 g/mol. The smallest absolute Gasteiger partial charge is 0.211 e. The molecule has 0 aliphatic rings. The summed E-state index contributed by atoms with van der Waals surface area (Å²) in [6.07, 6.45) is -30.1. The van der Waals surface area contributed by atoms with E-state index in [2.05, 4.69) is 0 Å². The summed E-state index contributed by atoms with van der Waals surface area (Å²) < 4.78 is 5.94. The second-order valence-corrected chi connectivity index (χ2v) is 15.4. The standard InChI is InChI=1S/C40H66O25/c1-3-5-7-9-11-37(29(57)21(49)13-41,30(58)22(50)14-42)39(33(61)25(53)17-45,34(62)26(54)18-46)65-40(35(63)27(55)19-47,36(64)28(56)20-48)38(12-10-8-6-4-2,31(59)23(51)15-43)32(60)24(52)16-44/h21-28,41-56H,3-20H2,1-2H3. The highest BCUT2D eigenvalue weighted by atomic mass is 16.6. The summed E-state index contributed by atoms with van der Waals surface area (Å²) in [6, 6.07) is 0. The summed E-state index contributed by atoms with van der Waals surface area (Å²) >= 11 is 0. The largest absolute Gasteiger partial charge is 0.393 e. The van der Waals surface area contributed by atoms with Gasteiger partial charge in [-0.05, 0) is 12.8 Å². The van der Waals surface area contributed by atoms with E-state index in [0.29, 0.717) is 12.8 Å². The van der Waals surface area contributed by atoms with Crippen molar-refractivity contribution in [3.05, 3.63) is 0 Å². The third-order valence-corrected chi connectivity index (χ3v) is 11.2. The van der Waals surface area contributed by atoms with Gasteiger partial charge in [0.05, 0.1) is 52.9 Å². The van der Waals surface area contributed by atoms with E-state index in [4.69, 9.17) is 4.74 Å². The Hall–Kier alpha value is -3.32. The van der Waals surface area contributed by atoms with Gasteiger partial charge in [0.1, 0.15) is 59.7 Å². The van der Waals surface area contributed by atoms with Crippen LogP contribution < -0.4 is 0 Å². The number of ether oxygens (including phenoxy) is 1. The van der Waals surface area contributed by atoms with Crippen LogP contribution in [0.4, 0.5) is 0 Å². The highest BCUT2D eigenvalue weighted by molar-refractivity contribution is 6.29. The van der Waals surface area contributed by atoms with Crippen LogP contribution in [0.15, 0.2) is 0 Å². The van der Waals surface area contributed by atoms with Crippen LogP contribution >= 0.6 is 0 Å². The number of aliphatic hydroxyl groups excluding tert-OH is 16. The van der Waals surface area contributed by atoms with Gasteiger partial charge >= 0.3 is 0 Å². The quantitative estimate of drug-likeness (QED) is 0.0202. The van der Waals surface area contributed by atoms with Crippen molar-refractivity contribution < 1.29 is 125 Å². The second kappa shape index (κ2) is 28.1. The molecule has 0 aromatic heterocycles. The molecular weight excluding hydrogens is 880 g/mol. The van der Waals surface area contributed by atoms with E-state index < -0.39 is 196 Å². The molecule has 0 heterocycles. The Kier molecular flexibility index (Phi) is 26.7. The molecule has 8 unspecified atom stereocenters. The van der Waals surface area contributed by atoms with Gasteiger partial charge < -0.3 is 86.4 Å². The fourth-order valence-corrected chi connectivity index (χ4v) is 7.84. The third kappa shape index (κ3) is 12.2. The molecule has 0 aromatic carbocycles. The molecular formula is C40H66O25. The van der Waals surface area contributed by atoms with Gasteiger partial charge in [-0.1, -0.05) is 65.2 Å². The van der Waals surface area contributed by atoms with Gasteiger partial charge in [-0.25, -0.2) is 0 Å². The summed E-state index contributed by atoms with van der Waals surface area (Å²) in [4.78, 5) is 121. The van der Waals surface area contributed by atoms with Crippen LogP contribution in [0.25, 0.3) is 0 Å². The maximum absolute atomic E-state index is 15.2. The molecule has 25 heteroatoms. The lowest BCUT2D eigenvalue weighted by molar-refractivity contribution is -0.243. The van der Waals surface area contributed by atoms with Crippen LogP contribution in [-0.2, 0) is 43.1 Å². The van der Waals surface area contributed by atoms with Crippen molar-refractivity contribution in [1.29, 1.82) is 0 Å². The highest BCUT2D eigenvalue weighted by Crippen LogP contribution is 2.54. The lowest BCUT2D eigenvalue weighted by atomic mass is 9.53. The van der Waals surface area contributed by atoms with Crippen LogP contribution in [0.5, 0.6) is 0 Å². The predicted molar refractivity (Wildman–Crippen MR) is 214 cm³/mol. The first-order valence-corrected chi connectivity index (χ1v) is 20.8. The molecule has 65 heavy (non-hydrogen) atoms. The van der Waals surface area contributed by atoms with E-state index in [9.17, 15) is 101 Å². The number of hydrogen-bond donors (Lipinski definition) is 16. The molecule has 0 aliphatic carbocycles. The Labute approximate surface area is 372 Å². The maximum atomic E-state index is 15.2. The number of carbonyl (C=O) groups excluding carboxylic acids is 8. The SMILES string of the molecule is CCCCCCC(C(=O)C(O)CO)(C(=O)C(O)CO)C(OC(C(=O)C(O)CO)(C(=O)C(O)CO)C(CCCCCC)(C(=O)C(O)CO)C(=O)C(O)CO)(C(=O)C(O)CO)C(=O)C(O)CO. The topological polar surface area (TPSA) is 469 Å². The van der Waals surface area contributed by atoms with E-state index in [-0.39, 0.29) is 25.7 Å². The van der Waals surface area contributed by atoms with E-state index in [1.165, 1.54) is 0 Å². The number of rotatable bonds is 38. The fourth-order valence-electron chi connectivity index (χ4n) is 7.84. The van der Waals surface area contributed by atoms with Crippen molar-refractivity contribution in [3.63, 3.8) is 0 Å². The van der Waals surface area contributed by atoms with Gasteiger partial charge in [-0.2, -0.15) is 0 Å². The highest BCUT2D eigenvalue weighted by Gasteiger charge is 2.80. The molecule has 0 amide bonds. The van der Waals surface area contributed by atoms with Crippen LogP contribution in [0.3, 0.4) is 0 Å². The molecule has 25 nitrogen and oxygen atoms in total. The molecule has 0 rings (SSSR count). The van der Waals surface area contributed by atoms with Gasteiger partial charge in [0.15, 0.2) is 23.1 Å². The Balaban J connectivity index is 10.9. The predicted octanol–water partition coefficient (Wildman–Crippen LogP) is -8.23. The number of aliphatic hydroxyl groups is 16. The zero-order chi connectivity index (χ0) is 50.7. The van der Waals surface area contributed by atoms with Crippen molar-refractivity contribution >= 4 is 46.3 Å². The Morgan fingerprint density at radius 3 is 0.677 bits per heavy atom. The minimum atomic E-state index is -5.12. The van der Waals surface area contributed by atoms with Crippen LogP contribution in [-0.4, -0.2) is 241 Å². The summed E-state index contributed by atoms with van der Waals surface area (Å²) in [6.45, 7) is -11.9. The normalized spacial score (nSPS) is 19.4. The van der Waals surface area contributed by atoms with Crippen LogP contribution in [0.1, 0.15) is 78.1 Å². The van der Waals surface area contributed by atoms with Crippen molar-refractivity contribution in [2.75, 3.05) is 52.9 Å². The number of hydrogen-bond acceptors (Lipinski definition) is 25. The van der Waals surface area contributed by atoms with E-state index >= 15 is 19.2 Å². The fraction of sp³-hybridized carbons (Fsp3) is 0.800. The number of Topliss-reactive ketones (excluding diaryl/α,β-unsaturated/α-hetero) is 8. The summed E-state index contributed by atoms with van der Waals surface area (Å²) in [5, 5.41) is 170. The second-order valence-electron chi connectivity index (χ2n) is 15.4. The Bertz CT molecular complexity index is 1390. The Morgan fingerprint density at radius 2 is 0.508 bits per heavy atom. The van der Waals surface area contributed by atoms with Crippen molar-refractivity contribution in [3.8, 4) is 0 Å². The van der Waals surface area contributed by atoms with Crippen LogP contribution in [0, 0.1) is 10.8 Å². The van der Waals surface area contributed by atoms with Gasteiger partial charge in [-0.15, -0.1) is 0 Å². The summed E-state index contributed by atoms with van der Waals surface area (Å²) in [7, 11) is 0. The molecule has 0 saturated heterocycles. The molecule has 8 atom stereocenters. The van der Waals surface area contributed by atoms with E-state index in [1.807, 2.05) is 0 Å². The van der Waals surface area contributed by atoms with Crippen molar-refractivity contribution in [2.45, 2.75) is 138 Å². The molecule has 0 fully saturated rings.